The van der Waals surface area contributed by atoms with Gasteiger partial charge in [-0.05, 0) is 97.3 Å². The van der Waals surface area contributed by atoms with Crippen LogP contribution in [0.1, 0.15) is 65.7 Å². The van der Waals surface area contributed by atoms with Gasteiger partial charge in [-0.25, -0.2) is 0 Å². The topological polar surface area (TPSA) is 55.6 Å². The number of nitrogens with zero attached hydrogens (tertiary/aromatic N) is 1. The highest BCUT2D eigenvalue weighted by atomic mass is 16.5. The summed E-state index contributed by atoms with van der Waals surface area (Å²) in [6.45, 7) is 7.49. The lowest BCUT2D eigenvalue weighted by atomic mass is 9.45. The predicted octanol–water partition coefficient (Wildman–Crippen LogP) is 5.13. The monoisotopic (exact) mass is 410 g/mol. The molecule has 1 aromatic rings. The normalized spacial score (nSPS) is 45.5. The van der Waals surface area contributed by atoms with E-state index in [0.29, 0.717) is 29.4 Å². The molecular formula is C26H38N2O2. The summed E-state index contributed by atoms with van der Waals surface area (Å²) in [7, 11) is 2.05. The minimum Gasteiger partial charge on any atom is -0.490 e. The lowest BCUT2D eigenvalue weighted by molar-refractivity contribution is -0.164. The average Bonchev–Trinajstić information content (AvgIpc) is 3.04. The summed E-state index contributed by atoms with van der Waals surface area (Å²) < 4.78 is 6.46. The van der Waals surface area contributed by atoms with Crippen LogP contribution in [0.4, 0.5) is 5.69 Å². The average molecular weight is 411 g/mol. The van der Waals surface area contributed by atoms with Crippen LogP contribution in [0.15, 0.2) is 24.3 Å². The van der Waals surface area contributed by atoms with E-state index in [2.05, 4.69) is 32.7 Å². The summed E-state index contributed by atoms with van der Waals surface area (Å²) in [5.41, 5.74) is 7.29. The van der Waals surface area contributed by atoms with E-state index in [0.717, 1.165) is 54.9 Å². The molecule has 0 bridgehead atoms. The Balaban J connectivity index is 1.39. The van der Waals surface area contributed by atoms with Gasteiger partial charge in [-0.1, -0.05) is 20.8 Å². The maximum atomic E-state index is 12.4. The Kier molecular flexibility index (Phi) is 4.65. The summed E-state index contributed by atoms with van der Waals surface area (Å²) in [5.74, 6) is 4.18. The molecule has 1 aliphatic heterocycles. The maximum absolute atomic E-state index is 12.4. The molecule has 3 saturated carbocycles. The molecule has 0 spiro atoms. The number of nitrogens with two attached hydrogens (primary N) is 1. The number of benzene rings is 1. The van der Waals surface area contributed by atoms with Crippen molar-refractivity contribution >= 4 is 11.6 Å². The zero-order valence-corrected chi connectivity index (χ0v) is 19.1. The van der Waals surface area contributed by atoms with E-state index in [4.69, 9.17) is 10.5 Å². The lowest BCUT2D eigenvalue weighted by Gasteiger charge is -2.63. The third-order valence-corrected chi connectivity index (χ3v) is 9.84. The third kappa shape index (κ3) is 2.97. The highest BCUT2D eigenvalue weighted by Gasteiger charge is 2.62. The summed E-state index contributed by atoms with van der Waals surface area (Å²) >= 11 is 0. The third-order valence-electron chi connectivity index (χ3n) is 9.84. The fourth-order valence-electron chi connectivity index (χ4n) is 8.29. The van der Waals surface area contributed by atoms with Crippen LogP contribution >= 0.6 is 0 Å². The highest BCUT2D eigenvalue weighted by Crippen LogP contribution is 2.66. The fourth-order valence-corrected chi connectivity index (χ4v) is 8.29. The molecule has 1 amide bonds. The van der Waals surface area contributed by atoms with Crippen LogP contribution in [0, 0.1) is 34.5 Å². The molecule has 3 unspecified atom stereocenters. The van der Waals surface area contributed by atoms with E-state index >= 15 is 0 Å². The predicted molar refractivity (Wildman–Crippen MR) is 120 cm³/mol. The van der Waals surface area contributed by atoms with Gasteiger partial charge in [-0.15, -0.1) is 0 Å². The molecule has 8 atom stereocenters. The molecule has 1 heterocycles. The van der Waals surface area contributed by atoms with E-state index in [-0.39, 0.29) is 5.41 Å². The van der Waals surface area contributed by atoms with Gasteiger partial charge in [0.2, 0.25) is 5.91 Å². The van der Waals surface area contributed by atoms with Gasteiger partial charge in [-0.3, -0.25) is 4.79 Å². The Morgan fingerprint density at radius 3 is 2.57 bits per heavy atom. The molecule has 30 heavy (non-hydrogen) atoms. The van der Waals surface area contributed by atoms with Crippen LogP contribution in [-0.2, 0) is 4.79 Å². The molecule has 4 fully saturated rings. The first-order valence-corrected chi connectivity index (χ1v) is 12.0. The van der Waals surface area contributed by atoms with Gasteiger partial charge in [0, 0.05) is 25.2 Å². The summed E-state index contributed by atoms with van der Waals surface area (Å²) in [5, 5.41) is 0. The van der Waals surface area contributed by atoms with E-state index in [1.165, 1.54) is 19.3 Å². The SMILES string of the molecule is CC1CC2N(C)C(=O)CC[C@]2(C)[C@@H]2CC[C@]3(C)CC(Oc4ccc(N)cc4)C[C@H]3[C@H]12. The van der Waals surface area contributed by atoms with Crippen LogP contribution in [0.2, 0.25) is 0 Å². The second kappa shape index (κ2) is 6.90. The first-order valence-electron chi connectivity index (χ1n) is 12.0. The van der Waals surface area contributed by atoms with Crippen LogP contribution in [-0.4, -0.2) is 30.0 Å². The van der Waals surface area contributed by atoms with Crippen molar-refractivity contribution in [2.24, 2.45) is 34.5 Å². The molecule has 4 heteroatoms. The second-order valence-electron chi connectivity index (χ2n) is 11.5. The molecule has 2 N–H and O–H groups in total. The molecule has 1 aromatic carbocycles. The molecule has 4 aliphatic rings. The van der Waals surface area contributed by atoms with Crippen molar-refractivity contribution in [3.63, 3.8) is 0 Å². The van der Waals surface area contributed by atoms with E-state index < -0.39 is 0 Å². The summed E-state index contributed by atoms with van der Waals surface area (Å²) in [6.07, 6.45) is 8.21. The van der Waals surface area contributed by atoms with Gasteiger partial charge in [0.15, 0.2) is 0 Å². The molecule has 4 nitrogen and oxygen atoms in total. The van der Waals surface area contributed by atoms with Crippen molar-refractivity contribution in [3.05, 3.63) is 24.3 Å². The first-order chi connectivity index (χ1) is 14.2. The second-order valence-corrected chi connectivity index (χ2v) is 11.5. The van der Waals surface area contributed by atoms with Gasteiger partial charge in [0.05, 0.1) is 6.10 Å². The molecule has 0 radical (unpaired) electrons. The van der Waals surface area contributed by atoms with Crippen molar-refractivity contribution in [1.82, 2.24) is 4.90 Å². The van der Waals surface area contributed by atoms with Crippen molar-refractivity contribution in [1.29, 1.82) is 0 Å². The van der Waals surface area contributed by atoms with E-state index in [1.54, 1.807) is 0 Å². The van der Waals surface area contributed by atoms with Gasteiger partial charge < -0.3 is 15.4 Å². The zero-order chi connectivity index (χ0) is 21.3. The summed E-state index contributed by atoms with van der Waals surface area (Å²) in [6, 6.07) is 8.29. The van der Waals surface area contributed by atoms with Crippen molar-refractivity contribution in [3.8, 4) is 5.75 Å². The number of carbonyl (C=O) groups is 1. The molecule has 3 aliphatic carbocycles. The largest absolute Gasteiger partial charge is 0.490 e. The minimum atomic E-state index is 0.275. The number of piperidine rings is 1. The van der Waals surface area contributed by atoms with Crippen molar-refractivity contribution in [2.75, 3.05) is 12.8 Å². The molecule has 1 saturated heterocycles. The van der Waals surface area contributed by atoms with Gasteiger partial charge >= 0.3 is 0 Å². The van der Waals surface area contributed by atoms with E-state index in [1.807, 2.05) is 24.3 Å². The Morgan fingerprint density at radius 2 is 1.83 bits per heavy atom. The highest BCUT2D eigenvalue weighted by molar-refractivity contribution is 5.77. The standard InChI is InChI=1S/C26H38N2O2/c1-16-13-22-26(3,12-10-23(29)28(22)4)20-9-11-25(2)15-19(14-21(25)24(16)20)30-18-7-5-17(27)6-8-18/h5-8,16,19-22,24H,9-15,27H2,1-4H3/t16?,19?,20-,21+,22?,24-,25-,26-/m1/s1. The van der Waals surface area contributed by atoms with Gasteiger partial charge in [-0.2, -0.15) is 0 Å². The molecule has 5 rings (SSSR count). The number of rotatable bonds is 2. The lowest BCUT2D eigenvalue weighted by Crippen LogP contribution is -2.62. The Bertz CT molecular complexity index is 823. The Morgan fingerprint density at radius 1 is 1.10 bits per heavy atom. The quantitative estimate of drug-likeness (QED) is 0.688. The minimum absolute atomic E-state index is 0.275. The molecule has 164 valence electrons. The number of nitrogen functional groups attached to an aromatic ring is 1. The van der Waals surface area contributed by atoms with Crippen molar-refractivity contribution in [2.45, 2.75) is 77.9 Å². The van der Waals surface area contributed by atoms with Crippen LogP contribution < -0.4 is 10.5 Å². The molecule has 0 aromatic heterocycles. The Labute approximate surface area is 181 Å². The number of carbonyl (C=O) groups excluding carboxylic acids is 1. The number of amides is 1. The number of ether oxygens (including phenoxy) is 1. The summed E-state index contributed by atoms with van der Waals surface area (Å²) in [4.78, 5) is 14.5. The number of hydrogen-bond acceptors (Lipinski definition) is 3. The number of likely N-dealkylation sites (tertiary alicyclic amines) is 1. The van der Waals surface area contributed by atoms with Gasteiger partial charge in [0.25, 0.3) is 0 Å². The van der Waals surface area contributed by atoms with Gasteiger partial charge in [0.1, 0.15) is 5.75 Å². The van der Waals surface area contributed by atoms with Crippen LogP contribution in [0.5, 0.6) is 5.75 Å². The fraction of sp³-hybridized carbons (Fsp3) is 0.731. The van der Waals surface area contributed by atoms with Crippen LogP contribution in [0.3, 0.4) is 0 Å². The smallest absolute Gasteiger partial charge is 0.222 e. The number of fused-ring (bicyclic) bond motifs is 5. The zero-order valence-electron chi connectivity index (χ0n) is 19.1. The first kappa shape index (κ1) is 20.2. The maximum Gasteiger partial charge on any atom is 0.222 e. The van der Waals surface area contributed by atoms with E-state index in [9.17, 15) is 4.79 Å². The number of anilines is 1. The van der Waals surface area contributed by atoms with Crippen LogP contribution in [0.25, 0.3) is 0 Å². The van der Waals surface area contributed by atoms with Crippen molar-refractivity contribution < 1.29 is 9.53 Å². The Hall–Kier alpha value is -1.71. The number of hydrogen-bond donors (Lipinski definition) is 1. The molecular weight excluding hydrogens is 372 g/mol.